The van der Waals surface area contributed by atoms with Crippen molar-refractivity contribution >= 4 is 47.4 Å². The third-order valence-corrected chi connectivity index (χ3v) is 4.96. The molecule has 1 aromatic carbocycles. The minimum Gasteiger partial charge on any atom is -0.380 e. The van der Waals surface area contributed by atoms with Crippen molar-refractivity contribution in [3.63, 3.8) is 0 Å². The lowest BCUT2D eigenvalue weighted by Gasteiger charge is -2.20. The Bertz CT molecular complexity index is 838. The maximum Gasteiger partial charge on any atom is 0.191 e. The molecule has 1 fully saturated rings. The predicted octanol–water partition coefficient (Wildman–Crippen LogP) is 3.58. The van der Waals surface area contributed by atoms with Crippen LogP contribution in [-0.4, -0.2) is 44.2 Å². The number of halogens is 3. The first-order chi connectivity index (χ1) is 13.6. The van der Waals surface area contributed by atoms with Gasteiger partial charge in [-0.3, -0.25) is 4.99 Å². The van der Waals surface area contributed by atoms with E-state index in [1.807, 2.05) is 12.1 Å². The summed E-state index contributed by atoms with van der Waals surface area (Å²) < 4.78 is 18.8. The highest BCUT2D eigenvalue weighted by Gasteiger charge is 2.25. The molecular weight excluding hydrogens is 508 g/mol. The lowest BCUT2D eigenvalue weighted by atomic mass is 10.1. The van der Waals surface area contributed by atoms with Gasteiger partial charge in [-0.25, -0.2) is 9.37 Å². The van der Waals surface area contributed by atoms with E-state index < -0.39 is 0 Å². The van der Waals surface area contributed by atoms with Crippen molar-refractivity contribution in [3.8, 4) is 0 Å². The van der Waals surface area contributed by atoms with Crippen molar-refractivity contribution in [3.05, 3.63) is 58.5 Å². The minimum atomic E-state index is -0.257. The molecule has 2 heterocycles. The van der Waals surface area contributed by atoms with Gasteiger partial charge in [0.05, 0.1) is 11.6 Å². The fraction of sp³-hybridized carbons (Fsp3) is 0.400. The molecule has 0 bridgehead atoms. The monoisotopic (exact) mass is 533 g/mol. The molecule has 3 rings (SSSR count). The molecule has 0 saturated carbocycles. The summed E-state index contributed by atoms with van der Waals surface area (Å²) in [5.74, 6) is 1.26. The number of hydrogen-bond acceptors (Lipinski definition) is 4. The number of methoxy groups -OCH3 is 1. The number of hydrogen-bond donors (Lipinski definition) is 2. The van der Waals surface area contributed by atoms with Gasteiger partial charge in [-0.1, -0.05) is 17.7 Å². The van der Waals surface area contributed by atoms with Gasteiger partial charge in [-0.2, -0.15) is 0 Å². The van der Waals surface area contributed by atoms with Crippen molar-refractivity contribution < 1.29 is 9.13 Å². The molecule has 9 heteroatoms. The van der Waals surface area contributed by atoms with Crippen LogP contribution in [0.15, 0.2) is 41.5 Å². The highest BCUT2D eigenvalue weighted by Crippen LogP contribution is 2.25. The van der Waals surface area contributed by atoms with Gasteiger partial charge in [0.25, 0.3) is 0 Å². The first-order valence-electron chi connectivity index (χ1n) is 9.19. The topological polar surface area (TPSA) is 61.8 Å². The average molecular weight is 534 g/mol. The lowest BCUT2D eigenvalue weighted by molar-refractivity contribution is 0.181. The number of benzene rings is 1. The molecule has 0 radical (unpaired) electrons. The normalized spacial score (nSPS) is 16.5. The van der Waals surface area contributed by atoms with Gasteiger partial charge in [0.1, 0.15) is 11.6 Å². The first-order valence-corrected chi connectivity index (χ1v) is 9.57. The highest BCUT2D eigenvalue weighted by molar-refractivity contribution is 14.0. The Morgan fingerprint density at radius 3 is 2.97 bits per heavy atom. The van der Waals surface area contributed by atoms with Crippen LogP contribution in [0.3, 0.4) is 0 Å². The molecule has 6 nitrogen and oxygen atoms in total. The van der Waals surface area contributed by atoms with E-state index in [-0.39, 0.29) is 42.4 Å². The second kappa shape index (κ2) is 11.5. The van der Waals surface area contributed by atoms with Crippen molar-refractivity contribution in [1.82, 2.24) is 15.6 Å². The van der Waals surface area contributed by atoms with Crippen molar-refractivity contribution in [2.24, 2.45) is 4.99 Å². The van der Waals surface area contributed by atoms with Crippen LogP contribution in [-0.2, 0) is 17.9 Å². The van der Waals surface area contributed by atoms with Gasteiger partial charge in [0, 0.05) is 51.6 Å². The Morgan fingerprint density at radius 2 is 2.24 bits per heavy atom. The molecule has 1 unspecified atom stereocenters. The number of aromatic nitrogens is 1. The van der Waals surface area contributed by atoms with Crippen LogP contribution < -0.4 is 15.5 Å². The van der Waals surface area contributed by atoms with E-state index in [4.69, 9.17) is 16.3 Å². The molecule has 1 aliphatic rings. The number of nitrogens with one attached hydrogen (secondary N) is 2. The van der Waals surface area contributed by atoms with Crippen molar-refractivity contribution in [1.29, 1.82) is 0 Å². The second-order valence-corrected chi connectivity index (χ2v) is 7.08. The molecule has 1 aliphatic heterocycles. The zero-order chi connectivity index (χ0) is 19.9. The van der Waals surface area contributed by atoms with Crippen LogP contribution in [0.4, 0.5) is 10.2 Å². The molecular formula is C20H26ClFIN5O. The molecule has 158 valence electrons. The Balaban J connectivity index is 0.00000300. The largest absolute Gasteiger partial charge is 0.380 e. The van der Waals surface area contributed by atoms with Gasteiger partial charge in [0.2, 0.25) is 0 Å². The third kappa shape index (κ3) is 6.42. The number of nitrogens with zero attached hydrogens (tertiary/aromatic N) is 3. The first kappa shape index (κ1) is 23.6. The van der Waals surface area contributed by atoms with E-state index in [1.165, 1.54) is 6.07 Å². The number of aliphatic imine (C=N–C) groups is 1. The maximum atomic E-state index is 13.7. The third-order valence-electron chi connectivity index (χ3n) is 4.66. The van der Waals surface area contributed by atoms with E-state index in [9.17, 15) is 4.39 Å². The zero-order valence-corrected chi connectivity index (χ0v) is 19.6. The Labute approximate surface area is 192 Å². The predicted molar refractivity (Wildman–Crippen MR) is 126 cm³/mol. The Kier molecular flexibility index (Phi) is 9.38. The number of anilines is 1. The van der Waals surface area contributed by atoms with Gasteiger partial charge in [-0.15, -0.1) is 24.0 Å². The summed E-state index contributed by atoms with van der Waals surface area (Å²) in [6.45, 7) is 2.47. The summed E-state index contributed by atoms with van der Waals surface area (Å²) in [4.78, 5) is 10.8. The number of ether oxygens (including phenoxy) is 1. The standard InChI is InChI=1S/C20H25ClFN5O.HI/c1-23-20(25-11-14-5-6-18(22)15(10-14)13-28-2)26-16-7-9-27(12-16)19-17(21)4-3-8-24-19;/h3-6,8,10,16H,7,9,11-13H2,1-2H3,(H2,23,25,26);1H. The van der Waals surface area contributed by atoms with Gasteiger partial charge in [0.15, 0.2) is 5.96 Å². The van der Waals surface area contributed by atoms with E-state index in [1.54, 1.807) is 32.5 Å². The van der Waals surface area contributed by atoms with Crippen LogP contribution in [0.5, 0.6) is 0 Å². The Hall–Kier alpha value is -1.65. The molecule has 1 atom stereocenters. The molecule has 2 N–H and O–H groups in total. The van der Waals surface area contributed by atoms with Crippen LogP contribution in [0.25, 0.3) is 0 Å². The fourth-order valence-electron chi connectivity index (χ4n) is 3.26. The van der Waals surface area contributed by atoms with Crippen LogP contribution in [0.2, 0.25) is 5.02 Å². The van der Waals surface area contributed by atoms with Crippen LogP contribution in [0, 0.1) is 5.82 Å². The van der Waals surface area contributed by atoms with E-state index >= 15 is 0 Å². The Morgan fingerprint density at radius 1 is 1.41 bits per heavy atom. The van der Waals surface area contributed by atoms with E-state index in [0.29, 0.717) is 23.1 Å². The minimum absolute atomic E-state index is 0. The zero-order valence-electron chi connectivity index (χ0n) is 16.5. The summed E-state index contributed by atoms with van der Waals surface area (Å²) in [6, 6.07) is 8.95. The summed E-state index contributed by atoms with van der Waals surface area (Å²) in [6.07, 6.45) is 2.71. The quantitative estimate of drug-likeness (QED) is 0.338. The van der Waals surface area contributed by atoms with E-state index in [0.717, 1.165) is 30.9 Å². The molecule has 0 amide bonds. The number of guanidine groups is 1. The molecule has 2 aromatic rings. The van der Waals surface area contributed by atoms with Gasteiger partial charge < -0.3 is 20.3 Å². The molecule has 1 aromatic heterocycles. The molecule has 0 aliphatic carbocycles. The van der Waals surface area contributed by atoms with Crippen molar-refractivity contribution in [2.45, 2.75) is 25.6 Å². The SMILES string of the molecule is CN=C(NCc1ccc(F)c(COC)c1)NC1CCN(c2ncccc2Cl)C1.I. The second-order valence-electron chi connectivity index (χ2n) is 6.67. The fourth-order valence-corrected chi connectivity index (χ4v) is 3.50. The summed E-state index contributed by atoms with van der Waals surface area (Å²) in [7, 11) is 3.29. The van der Waals surface area contributed by atoms with Crippen LogP contribution in [0.1, 0.15) is 17.5 Å². The van der Waals surface area contributed by atoms with Gasteiger partial charge in [-0.05, 0) is 36.2 Å². The highest BCUT2D eigenvalue weighted by atomic mass is 127. The summed E-state index contributed by atoms with van der Waals surface area (Å²) >= 11 is 6.25. The average Bonchev–Trinajstić information content (AvgIpc) is 3.16. The molecule has 0 spiro atoms. The lowest BCUT2D eigenvalue weighted by Crippen LogP contribution is -2.44. The molecule has 29 heavy (non-hydrogen) atoms. The number of rotatable bonds is 6. The maximum absolute atomic E-state index is 13.7. The smallest absolute Gasteiger partial charge is 0.191 e. The summed E-state index contributed by atoms with van der Waals surface area (Å²) in [5.41, 5.74) is 1.51. The van der Waals surface area contributed by atoms with Gasteiger partial charge >= 0.3 is 0 Å². The van der Waals surface area contributed by atoms with Crippen molar-refractivity contribution in [2.75, 3.05) is 32.1 Å². The summed E-state index contributed by atoms with van der Waals surface area (Å²) in [5, 5.41) is 7.38. The van der Waals surface area contributed by atoms with E-state index in [2.05, 4.69) is 25.5 Å². The number of pyridine rings is 1. The molecule has 1 saturated heterocycles. The van der Waals surface area contributed by atoms with Crippen LogP contribution >= 0.6 is 35.6 Å².